The maximum Gasteiger partial charge on any atom is 0.269 e. The summed E-state index contributed by atoms with van der Waals surface area (Å²) in [6.07, 6.45) is 0. The lowest BCUT2D eigenvalue weighted by atomic mass is 10.3. The highest BCUT2D eigenvalue weighted by molar-refractivity contribution is 7.16. The van der Waals surface area contributed by atoms with Gasteiger partial charge >= 0.3 is 0 Å². The third kappa shape index (κ3) is 1.63. The summed E-state index contributed by atoms with van der Waals surface area (Å²) in [6, 6.07) is 1.58. The monoisotopic (exact) mass is 223 g/mol. The maximum absolute atomic E-state index is 11.4. The van der Waals surface area contributed by atoms with Crippen molar-refractivity contribution in [3.63, 3.8) is 0 Å². The highest BCUT2D eigenvalue weighted by atomic mass is 32.1. The molecule has 0 radical (unpaired) electrons. The topological polar surface area (TPSA) is 64.1 Å². The van der Waals surface area contributed by atoms with E-state index in [1.807, 2.05) is 0 Å². The number of nitrogens with one attached hydrogen (secondary N) is 1. The first-order chi connectivity index (χ1) is 7.26. The summed E-state index contributed by atoms with van der Waals surface area (Å²) in [6.45, 7) is 0. The third-order valence-corrected chi connectivity index (χ3v) is 2.67. The minimum absolute atomic E-state index is 0.233. The summed E-state index contributed by atoms with van der Waals surface area (Å²) in [5.41, 5.74) is 2.70. The molecule has 0 aliphatic carbocycles. The van der Waals surface area contributed by atoms with Crippen LogP contribution >= 0.6 is 11.3 Å². The molecular weight excluding hydrogens is 214 g/mol. The summed E-state index contributed by atoms with van der Waals surface area (Å²) in [5, 5.41) is 2.52. The minimum Gasteiger partial charge on any atom is -0.494 e. The Balaban J connectivity index is 2.63. The molecule has 0 bridgehead atoms. The van der Waals surface area contributed by atoms with Crippen molar-refractivity contribution in [2.75, 3.05) is 14.2 Å². The van der Waals surface area contributed by atoms with Crippen molar-refractivity contribution in [1.29, 1.82) is 0 Å². The zero-order chi connectivity index (χ0) is 10.8. The number of carbonyl (C=O) groups is 1. The number of rotatable bonds is 2. The van der Waals surface area contributed by atoms with Crippen LogP contribution in [0.4, 0.5) is 0 Å². The second kappa shape index (κ2) is 3.82. The number of carbonyl (C=O) groups excluding carboxylic acids is 1. The molecule has 2 rings (SSSR count). The Morgan fingerprint density at radius 2 is 2.40 bits per heavy atom. The fourth-order valence-corrected chi connectivity index (χ4v) is 1.90. The molecule has 2 aromatic heterocycles. The summed E-state index contributed by atoms with van der Waals surface area (Å²) in [7, 11) is 3.11. The molecule has 1 amide bonds. The molecule has 0 aliphatic heterocycles. The molecule has 78 valence electrons. The van der Waals surface area contributed by atoms with Crippen LogP contribution in [-0.2, 0) is 0 Å². The zero-order valence-electron chi connectivity index (χ0n) is 8.27. The summed E-state index contributed by atoms with van der Waals surface area (Å²) >= 11 is 1.38. The van der Waals surface area contributed by atoms with Gasteiger partial charge in [0.05, 0.1) is 12.6 Å². The summed E-state index contributed by atoms with van der Waals surface area (Å²) in [5.74, 6) is 0.337. The molecule has 1 N–H and O–H groups in total. The largest absolute Gasteiger partial charge is 0.494 e. The van der Waals surface area contributed by atoms with Crippen molar-refractivity contribution in [3.8, 4) is 5.75 Å². The van der Waals surface area contributed by atoms with Crippen molar-refractivity contribution in [1.82, 2.24) is 15.3 Å². The Bertz CT molecular complexity index is 509. The number of aromatic nitrogens is 2. The molecule has 0 aliphatic rings. The van der Waals surface area contributed by atoms with E-state index in [0.29, 0.717) is 21.8 Å². The van der Waals surface area contributed by atoms with Gasteiger partial charge in [0.25, 0.3) is 5.91 Å². The van der Waals surface area contributed by atoms with Gasteiger partial charge in [-0.2, -0.15) is 0 Å². The Morgan fingerprint density at radius 3 is 3.07 bits per heavy atom. The third-order valence-electron chi connectivity index (χ3n) is 1.95. The van der Waals surface area contributed by atoms with Crippen LogP contribution in [0.1, 0.15) is 10.5 Å². The van der Waals surface area contributed by atoms with Gasteiger partial charge < -0.3 is 10.1 Å². The SMILES string of the molecule is CNC(=O)c1cc(OC)c2ncsc2n1. The summed E-state index contributed by atoms with van der Waals surface area (Å²) < 4.78 is 5.15. The van der Waals surface area contributed by atoms with Crippen LogP contribution < -0.4 is 10.1 Å². The Hall–Kier alpha value is -1.69. The highest BCUT2D eigenvalue weighted by Gasteiger charge is 2.12. The molecule has 0 aromatic carbocycles. The van der Waals surface area contributed by atoms with Crippen molar-refractivity contribution >= 4 is 27.6 Å². The van der Waals surface area contributed by atoms with Crippen LogP contribution in [0.2, 0.25) is 0 Å². The minimum atomic E-state index is -0.233. The quantitative estimate of drug-likeness (QED) is 0.826. The van der Waals surface area contributed by atoms with Gasteiger partial charge in [-0.05, 0) is 0 Å². The van der Waals surface area contributed by atoms with Gasteiger partial charge in [-0.3, -0.25) is 4.79 Å². The number of hydrogen-bond donors (Lipinski definition) is 1. The maximum atomic E-state index is 11.4. The second-order valence-corrected chi connectivity index (χ2v) is 3.63. The van der Waals surface area contributed by atoms with Crippen molar-refractivity contribution in [3.05, 3.63) is 17.3 Å². The molecule has 2 aromatic rings. The molecule has 0 spiro atoms. The van der Waals surface area contributed by atoms with E-state index in [2.05, 4.69) is 15.3 Å². The number of pyridine rings is 1. The molecule has 2 heterocycles. The van der Waals surface area contributed by atoms with Crippen molar-refractivity contribution in [2.24, 2.45) is 0 Å². The zero-order valence-corrected chi connectivity index (χ0v) is 9.09. The van der Waals surface area contributed by atoms with Crippen LogP contribution in [-0.4, -0.2) is 30.0 Å². The van der Waals surface area contributed by atoms with Gasteiger partial charge in [-0.15, -0.1) is 11.3 Å². The lowest BCUT2D eigenvalue weighted by molar-refractivity contribution is 0.0958. The number of ether oxygens (including phenoxy) is 1. The molecule has 6 heteroatoms. The van der Waals surface area contributed by atoms with Gasteiger partial charge in [0, 0.05) is 13.1 Å². The molecule has 0 atom stereocenters. The average Bonchev–Trinajstić information content (AvgIpc) is 2.74. The fraction of sp³-hybridized carbons (Fsp3) is 0.222. The number of methoxy groups -OCH3 is 1. The molecular formula is C9H9N3O2S. The Kier molecular flexibility index (Phi) is 2.51. The van der Waals surface area contributed by atoms with Gasteiger partial charge in [-0.1, -0.05) is 0 Å². The lowest BCUT2D eigenvalue weighted by Gasteiger charge is -2.03. The predicted molar refractivity (Wildman–Crippen MR) is 57.4 cm³/mol. The number of hydrogen-bond acceptors (Lipinski definition) is 5. The predicted octanol–water partition coefficient (Wildman–Crippen LogP) is 1.06. The number of amides is 1. The lowest BCUT2D eigenvalue weighted by Crippen LogP contribution is -2.19. The van der Waals surface area contributed by atoms with Gasteiger partial charge in [-0.25, -0.2) is 9.97 Å². The molecule has 0 saturated carbocycles. The summed E-state index contributed by atoms with van der Waals surface area (Å²) in [4.78, 5) is 20.4. The van der Waals surface area contributed by atoms with Crippen LogP contribution in [0.3, 0.4) is 0 Å². The molecule has 0 saturated heterocycles. The van der Waals surface area contributed by atoms with E-state index in [1.165, 1.54) is 11.3 Å². The molecule has 5 nitrogen and oxygen atoms in total. The van der Waals surface area contributed by atoms with Crippen LogP contribution in [0.25, 0.3) is 10.3 Å². The Morgan fingerprint density at radius 1 is 1.60 bits per heavy atom. The number of nitrogens with zero attached hydrogens (tertiary/aromatic N) is 2. The fourth-order valence-electron chi connectivity index (χ4n) is 1.22. The van der Waals surface area contributed by atoms with Gasteiger partial charge in [0.1, 0.15) is 21.8 Å². The van der Waals surface area contributed by atoms with E-state index >= 15 is 0 Å². The highest BCUT2D eigenvalue weighted by Crippen LogP contribution is 2.26. The van der Waals surface area contributed by atoms with Crippen LogP contribution in [0.5, 0.6) is 5.75 Å². The van der Waals surface area contributed by atoms with E-state index in [4.69, 9.17) is 4.74 Å². The first-order valence-corrected chi connectivity index (χ1v) is 5.14. The first-order valence-electron chi connectivity index (χ1n) is 4.26. The second-order valence-electron chi connectivity index (χ2n) is 2.79. The molecule has 0 fully saturated rings. The van der Waals surface area contributed by atoms with Crippen molar-refractivity contribution < 1.29 is 9.53 Å². The average molecular weight is 223 g/mol. The van der Waals surface area contributed by atoms with Crippen LogP contribution in [0.15, 0.2) is 11.6 Å². The van der Waals surface area contributed by atoms with Crippen LogP contribution in [0, 0.1) is 0 Å². The molecule has 0 unspecified atom stereocenters. The van der Waals surface area contributed by atoms with E-state index in [1.54, 1.807) is 25.7 Å². The first kappa shape index (κ1) is 9.85. The van der Waals surface area contributed by atoms with E-state index in [-0.39, 0.29) is 5.91 Å². The van der Waals surface area contributed by atoms with Gasteiger partial charge in [0.15, 0.2) is 0 Å². The Labute approximate surface area is 90.1 Å². The standard InChI is InChI=1S/C9H9N3O2S/c1-10-8(13)5-3-6(14-2)7-9(12-5)15-4-11-7/h3-4H,1-2H3,(H,10,13). The number of thiazole rings is 1. The number of fused-ring (bicyclic) bond motifs is 1. The normalized spacial score (nSPS) is 10.3. The van der Waals surface area contributed by atoms with Gasteiger partial charge in [0.2, 0.25) is 0 Å². The van der Waals surface area contributed by atoms with Crippen molar-refractivity contribution in [2.45, 2.75) is 0 Å². The van der Waals surface area contributed by atoms with E-state index in [0.717, 1.165) is 0 Å². The smallest absolute Gasteiger partial charge is 0.269 e. The van der Waals surface area contributed by atoms with E-state index in [9.17, 15) is 4.79 Å². The molecule has 15 heavy (non-hydrogen) atoms. The van der Waals surface area contributed by atoms with E-state index < -0.39 is 0 Å².